The molecule has 3 aromatic heterocycles. The van der Waals surface area contributed by atoms with E-state index in [0.717, 1.165) is 22.0 Å². The van der Waals surface area contributed by atoms with E-state index < -0.39 is 11.2 Å². The summed E-state index contributed by atoms with van der Waals surface area (Å²) in [5.74, 6) is -0.313. The third kappa shape index (κ3) is 3.53. The van der Waals surface area contributed by atoms with E-state index in [0.29, 0.717) is 12.2 Å². The highest BCUT2D eigenvalue weighted by molar-refractivity contribution is 5.92. The quantitative estimate of drug-likeness (QED) is 0.488. The first-order chi connectivity index (χ1) is 15.3. The van der Waals surface area contributed by atoms with Crippen molar-refractivity contribution in [2.24, 2.45) is 14.1 Å². The normalized spacial score (nSPS) is 11.3. The number of imidazole rings is 1. The highest BCUT2D eigenvalue weighted by Gasteiger charge is 2.15. The second kappa shape index (κ2) is 8.29. The van der Waals surface area contributed by atoms with Gasteiger partial charge in [-0.3, -0.25) is 27.9 Å². The van der Waals surface area contributed by atoms with Gasteiger partial charge in [-0.2, -0.15) is 0 Å². The van der Waals surface area contributed by atoms with Crippen LogP contribution in [0.1, 0.15) is 19.8 Å². The zero-order chi connectivity index (χ0) is 23.0. The van der Waals surface area contributed by atoms with E-state index in [1.807, 2.05) is 31.2 Å². The maximum Gasteiger partial charge on any atom is 0.332 e. The SMILES string of the molecule is CCCn1c(=O)n(CCC(=O)Nc2cnc3c(c2)c(=O)n(C)c(=O)n3C)c2ccccc21. The van der Waals surface area contributed by atoms with Gasteiger partial charge in [0.1, 0.15) is 5.65 Å². The smallest absolute Gasteiger partial charge is 0.325 e. The van der Waals surface area contributed by atoms with E-state index in [4.69, 9.17) is 0 Å². The van der Waals surface area contributed by atoms with Gasteiger partial charge in [0.15, 0.2) is 0 Å². The fourth-order valence-corrected chi connectivity index (χ4v) is 3.90. The number of carbonyl (C=O) groups excluding carboxylic acids is 1. The summed E-state index contributed by atoms with van der Waals surface area (Å²) in [6, 6.07) is 9.02. The lowest BCUT2D eigenvalue weighted by molar-refractivity contribution is -0.116. The van der Waals surface area contributed by atoms with Gasteiger partial charge in [-0.15, -0.1) is 0 Å². The van der Waals surface area contributed by atoms with Gasteiger partial charge in [-0.05, 0) is 24.6 Å². The highest BCUT2D eigenvalue weighted by Crippen LogP contribution is 2.15. The Labute approximate surface area is 182 Å². The number of hydrogen-bond donors (Lipinski definition) is 1. The maximum atomic E-state index is 12.8. The lowest BCUT2D eigenvalue weighted by Gasteiger charge is -2.09. The molecule has 1 amide bonds. The number of benzene rings is 1. The molecule has 0 saturated carbocycles. The van der Waals surface area contributed by atoms with Gasteiger partial charge in [0, 0.05) is 33.6 Å². The summed E-state index contributed by atoms with van der Waals surface area (Å²) >= 11 is 0. The molecule has 1 aromatic carbocycles. The van der Waals surface area contributed by atoms with Crippen molar-refractivity contribution in [1.82, 2.24) is 23.3 Å². The molecule has 0 fully saturated rings. The number of hydrogen-bond acceptors (Lipinski definition) is 5. The van der Waals surface area contributed by atoms with Gasteiger partial charge < -0.3 is 5.32 Å². The van der Waals surface area contributed by atoms with E-state index in [1.54, 1.807) is 9.13 Å². The van der Waals surface area contributed by atoms with Crippen molar-refractivity contribution in [3.63, 3.8) is 0 Å². The number of nitrogens with zero attached hydrogens (tertiary/aromatic N) is 5. The van der Waals surface area contributed by atoms with Gasteiger partial charge in [-0.25, -0.2) is 14.6 Å². The van der Waals surface area contributed by atoms with Crippen LogP contribution in [0.15, 0.2) is 50.9 Å². The van der Waals surface area contributed by atoms with Crippen LogP contribution in [0.2, 0.25) is 0 Å². The molecule has 0 saturated heterocycles. The third-order valence-corrected chi connectivity index (χ3v) is 5.51. The molecule has 0 unspecified atom stereocenters. The minimum atomic E-state index is -0.484. The van der Waals surface area contributed by atoms with E-state index in [2.05, 4.69) is 10.3 Å². The largest absolute Gasteiger partial charge is 0.332 e. The zero-order valence-corrected chi connectivity index (χ0v) is 18.2. The van der Waals surface area contributed by atoms with Crippen LogP contribution in [0.5, 0.6) is 0 Å². The minimum Gasteiger partial charge on any atom is -0.325 e. The highest BCUT2D eigenvalue weighted by atomic mass is 16.2. The molecule has 1 N–H and O–H groups in total. The van der Waals surface area contributed by atoms with Gasteiger partial charge in [-0.1, -0.05) is 19.1 Å². The van der Waals surface area contributed by atoms with E-state index in [1.165, 1.54) is 30.9 Å². The van der Waals surface area contributed by atoms with Crippen molar-refractivity contribution < 1.29 is 4.79 Å². The minimum absolute atomic E-state index is 0.0728. The summed E-state index contributed by atoms with van der Waals surface area (Å²) < 4.78 is 5.60. The van der Waals surface area contributed by atoms with Crippen LogP contribution >= 0.6 is 0 Å². The van der Waals surface area contributed by atoms with Crippen LogP contribution in [-0.4, -0.2) is 29.2 Å². The molecule has 0 aliphatic carbocycles. The lowest BCUT2D eigenvalue weighted by Crippen LogP contribution is -2.37. The van der Waals surface area contributed by atoms with E-state index in [-0.39, 0.29) is 35.6 Å². The topological polar surface area (TPSA) is 113 Å². The summed E-state index contributed by atoms with van der Waals surface area (Å²) in [5.41, 5.74) is 1.12. The van der Waals surface area contributed by atoms with Gasteiger partial charge in [0.2, 0.25) is 5.91 Å². The van der Waals surface area contributed by atoms with Crippen molar-refractivity contribution >= 4 is 33.7 Å². The molecule has 0 bridgehead atoms. The fraction of sp³-hybridized carbons (Fsp3) is 0.318. The number of fused-ring (bicyclic) bond motifs is 2. The molecule has 10 nitrogen and oxygen atoms in total. The summed E-state index contributed by atoms with van der Waals surface area (Å²) in [7, 11) is 2.92. The Morgan fingerprint density at radius 2 is 1.62 bits per heavy atom. The third-order valence-electron chi connectivity index (χ3n) is 5.51. The standard InChI is InChI=1S/C22H24N6O4/c1-4-10-27-16-7-5-6-8-17(16)28(22(27)32)11-9-18(29)24-14-12-15-19(23-13-14)25(2)21(31)26(3)20(15)30/h5-8,12-13H,4,9-11H2,1-3H3,(H,24,29). The van der Waals surface area contributed by atoms with Gasteiger partial charge >= 0.3 is 11.4 Å². The number of amides is 1. The Kier molecular flexibility index (Phi) is 5.52. The van der Waals surface area contributed by atoms with Crippen LogP contribution in [0, 0.1) is 0 Å². The maximum absolute atomic E-state index is 12.8. The monoisotopic (exact) mass is 436 g/mol. The van der Waals surface area contributed by atoms with Crippen LogP contribution in [-0.2, 0) is 32.0 Å². The first-order valence-corrected chi connectivity index (χ1v) is 10.4. The number of aryl methyl sites for hydroxylation is 3. The predicted octanol–water partition coefficient (Wildman–Crippen LogP) is 1.19. The molecule has 10 heteroatoms. The molecule has 0 radical (unpaired) electrons. The van der Waals surface area contributed by atoms with Crippen LogP contribution in [0.25, 0.3) is 22.1 Å². The number of aromatic nitrogens is 5. The molecule has 3 heterocycles. The number of pyridine rings is 1. The summed E-state index contributed by atoms with van der Waals surface area (Å²) in [6.45, 7) is 2.84. The molecule has 0 aliphatic rings. The second-order valence-corrected chi connectivity index (χ2v) is 7.67. The number of para-hydroxylation sites is 2. The van der Waals surface area contributed by atoms with Crippen molar-refractivity contribution in [2.45, 2.75) is 32.9 Å². The van der Waals surface area contributed by atoms with Crippen LogP contribution in [0.4, 0.5) is 5.69 Å². The van der Waals surface area contributed by atoms with Crippen molar-refractivity contribution in [1.29, 1.82) is 0 Å². The number of carbonyl (C=O) groups is 1. The Hall–Kier alpha value is -3.95. The molecule has 4 rings (SSSR count). The Bertz CT molecular complexity index is 1520. The first-order valence-electron chi connectivity index (χ1n) is 10.4. The van der Waals surface area contributed by atoms with Crippen molar-refractivity contribution in [3.05, 3.63) is 67.9 Å². The molecular formula is C22H24N6O4. The average Bonchev–Trinajstić information content (AvgIpc) is 3.06. The lowest BCUT2D eigenvalue weighted by atomic mass is 10.3. The number of anilines is 1. The Morgan fingerprint density at radius 3 is 2.28 bits per heavy atom. The van der Waals surface area contributed by atoms with E-state index >= 15 is 0 Å². The molecule has 0 atom stereocenters. The number of nitrogens with one attached hydrogen (secondary N) is 1. The molecule has 4 aromatic rings. The van der Waals surface area contributed by atoms with Crippen LogP contribution in [0.3, 0.4) is 0 Å². The molecule has 166 valence electrons. The Balaban J connectivity index is 1.57. The summed E-state index contributed by atoms with van der Waals surface area (Å²) in [6.07, 6.45) is 2.30. The fourth-order valence-electron chi connectivity index (χ4n) is 3.90. The van der Waals surface area contributed by atoms with Gasteiger partial charge in [0.05, 0.1) is 28.3 Å². The molecule has 0 spiro atoms. The molecule has 0 aliphatic heterocycles. The summed E-state index contributed by atoms with van der Waals surface area (Å²) in [5, 5.41) is 2.95. The average molecular weight is 436 g/mol. The zero-order valence-electron chi connectivity index (χ0n) is 18.2. The van der Waals surface area contributed by atoms with Gasteiger partial charge in [0.25, 0.3) is 5.56 Å². The summed E-state index contributed by atoms with van der Waals surface area (Å²) in [4.78, 5) is 54.0. The first kappa shape index (κ1) is 21.3. The second-order valence-electron chi connectivity index (χ2n) is 7.67. The molecule has 32 heavy (non-hydrogen) atoms. The predicted molar refractivity (Wildman–Crippen MR) is 122 cm³/mol. The van der Waals surface area contributed by atoms with Crippen molar-refractivity contribution in [2.75, 3.05) is 5.32 Å². The van der Waals surface area contributed by atoms with Crippen molar-refractivity contribution in [3.8, 4) is 0 Å². The number of rotatable bonds is 6. The van der Waals surface area contributed by atoms with E-state index in [9.17, 15) is 19.2 Å². The van der Waals surface area contributed by atoms with Crippen LogP contribution < -0.4 is 22.3 Å². The Morgan fingerprint density at radius 1 is 0.969 bits per heavy atom. The molecular weight excluding hydrogens is 412 g/mol.